The summed E-state index contributed by atoms with van der Waals surface area (Å²) in [5.74, 6) is 0.971. The molecule has 0 amide bonds. The van der Waals surface area contributed by atoms with Crippen molar-refractivity contribution in [2.45, 2.75) is 26.8 Å². The minimum Gasteiger partial charge on any atom is -0.493 e. The molecule has 1 aromatic heterocycles. The Morgan fingerprint density at radius 3 is 2.85 bits per heavy atom. The van der Waals surface area contributed by atoms with Crippen molar-refractivity contribution in [2.24, 2.45) is 7.05 Å². The molecule has 1 heterocycles. The molecular weight excluding hydrogens is 250 g/mol. The fraction of sp³-hybridized carbons (Fsp3) is 0.438. The van der Waals surface area contributed by atoms with Gasteiger partial charge in [-0.1, -0.05) is 24.6 Å². The van der Waals surface area contributed by atoms with Gasteiger partial charge >= 0.3 is 0 Å². The molecule has 0 saturated carbocycles. The van der Waals surface area contributed by atoms with E-state index in [0.717, 1.165) is 25.3 Å². The molecule has 2 rings (SSSR count). The first-order valence-electron chi connectivity index (χ1n) is 7.10. The van der Waals surface area contributed by atoms with Gasteiger partial charge < -0.3 is 10.1 Å². The topological polar surface area (TPSA) is 39.1 Å². The second kappa shape index (κ2) is 7.10. The zero-order valence-electron chi connectivity index (χ0n) is 12.5. The first-order valence-corrected chi connectivity index (χ1v) is 7.10. The van der Waals surface area contributed by atoms with Crippen molar-refractivity contribution in [3.8, 4) is 5.75 Å². The van der Waals surface area contributed by atoms with Crippen molar-refractivity contribution in [2.75, 3.05) is 13.2 Å². The summed E-state index contributed by atoms with van der Waals surface area (Å²) in [6.07, 6.45) is 2.68. The van der Waals surface area contributed by atoms with E-state index >= 15 is 0 Å². The number of hydrogen-bond acceptors (Lipinski definition) is 3. The molecule has 0 aliphatic rings. The molecule has 1 aromatic carbocycles. The molecule has 0 spiro atoms. The van der Waals surface area contributed by atoms with Crippen LogP contribution < -0.4 is 10.1 Å². The van der Waals surface area contributed by atoms with E-state index < -0.39 is 0 Å². The Morgan fingerprint density at radius 1 is 1.30 bits per heavy atom. The van der Waals surface area contributed by atoms with Crippen LogP contribution in [0.1, 0.15) is 23.7 Å². The number of aromatic nitrogens is 2. The highest BCUT2D eigenvalue weighted by molar-refractivity contribution is 5.36. The third-order valence-electron chi connectivity index (χ3n) is 3.32. The van der Waals surface area contributed by atoms with Crippen molar-refractivity contribution in [3.05, 3.63) is 47.3 Å². The van der Waals surface area contributed by atoms with Crippen LogP contribution in [0, 0.1) is 6.92 Å². The van der Waals surface area contributed by atoms with Gasteiger partial charge in [-0.15, -0.1) is 0 Å². The zero-order valence-corrected chi connectivity index (χ0v) is 12.5. The summed E-state index contributed by atoms with van der Waals surface area (Å²) in [5.41, 5.74) is 3.67. The number of nitrogens with one attached hydrogen (secondary N) is 1. The van der Waals surface area contributed by atoms with Gasteiger partial charge in [-0.3, -0.25) is 4.68 Å². The highest BCUT2D eigenvalue weighted by atomic mass is 16.5. The standard InChI is InChI=1S/C16H23N3O/c1-4-17-12-14-11-13(2)5-6-16(14)20-10-8-15-7-9-18-19(15)3/h5-7,9,11,17H,4,8,10,12H2,1-3H3. The predicted molar refractivity (Wildman–Crippen MR) is 81.0 cm³/mol. The molecule has 0 unspecified atom stereocenters. The Bertz CT molecular complexity index is 548. The maximum Gasteiger partial charge on any atom is 0.123 e. The summed E-state index contributed by atoms with van der Waals surface area (Å²) in [6.45, 7) is 6.69. The van der Waals surface area contributed by atoms with Crippen molar-refractivity contribution in [1.29, 1.82) is 0 Å². The summed E-state index contributed by atoms with van der Waals surface area (Å²) in [7, 11) is 1.96. The van der Waals surface area contributed by atoms with Crippen LogP contribution in [0.15, 0.2) is 30.5 Å². The second-order valence-corrected chi connectivity index (χ2v) is 4.94. The van der Waals surface area contributed by atoms with Crippen LogP contribution in [0.4, 0.5) is 0 Å². The highest BCUT2D eigenvalue weighted by Crippen LogP contribution is 2.20. The number of hydrogen-bond donors (Lipinski definition) is 1. The van der Waals surface area contributed by atoms with E-state index in [9.17, 15) is 0 Å². The van der Waals surface area contributed by atoms with E-state index in [1.165, 1.54) is 16.8 Å². The van der Waals surface area contributed by atoms with E-state index in [1.807, 2.05) is 24.0 Å². The largest absolute Gasteiger partial charge is 0.493 e. The van der Waals surface area contributed by atoms with Crippen LogP contribution in [0.25, 0.3) is 0 Å². The molecule has 0 atom stereocenters. The van der Waals surface area contributed by atoms with Gasteiger partial charge in [0.25, 0.3) is 0 Å². The number of nitrogens with zero attached hydrogens (tertiary/aromatic N) is 2. The van der Waals surface area contributed by atoms with Gasteiger partial charge in [0.1, 0.15) is 5.75 Å². The van der Waals surface area contributed by atoms with Gasteiger partial charge in [-0.2, -0.15) is 5.10 Å². The molecule has 2 aromatic rings. The lowest BCUT2D eigenvalue weighted by molar-refractivity contribution is 0.314. The predicted octanol–water partition coefficient (Wildman–Crippen LogP) is 2.46. The fourth-order valence-corrected chi connectivity index (χ4v) is 2.16. The summed E-state index contributed by atoms with van der Waals surface area (Å²) >= 11 is 0. The molecule has 0 aliphatic heterocycles. The first kappa shape index (κ1) is 14.6. The van der Waals surface area contributed by atoms with E-state index in [-0.39, 0.29) is 0 Å². The van der Waals surface area contributed by atoms with Crippen molar-refractivity contribution in [1.82, 2.24) is 15.1 Å². The summed E-state index contributed by atoms with van der Waals surface area (Å²) in [5, 5.41) is 7.51. The molecule has 1 N–H and O–H groups in total. The number of aryl methyl sites for hydroxylation is 2. The van der Waals surface area contributed by atoms with Crippen LogP contribution in [0.3, 0.4) is 0 Å². The molecule has 4 nitrogen and oxygen atoms in total. The van der Waals surface area contributed by atoms with Gasteiger partial charge in [0.05, 0.1) is 6.61 Å². The SMILES string of the molecule is CCNCc1cc(C)ccc1OCCc1ccnn1C. The summed E-state index contributed by atoms with van der Waals surface area (Å²) < 4.78 is 7.82. The molecule has 20 heavy (non-hydrogen) atoms. The third kappa shape index (κ3) is 3.84. The third-order valence-corrected chi connectivity index (χ3v) is 3.32. The average Bonchev–Trinajstić information content (AvgIpc) is 2.84. The van der Waals surface area contributed by atoms with E-state index in [0.29, 0.717) is 6.61 Å². The Labute approximate surface area is 120 Å². The lowest BCUT2D eigenvalue weighted by atomic mass is 10.1. The molecule has 0 saturated heterocycles. The minimum absolute atomic E-state index is 0.668. The smallest absolute Gasteiger partial charge is 0.123 e. The molecule has 108 valence electrons. The molecular formula is C16H23N3O. The van der Waals surface area contributed by atoms with E-state index in [1.54, 1.807) is 0 Å². The molecule has 4 heteroatoms. The van der Waals surface area contributed by atoms with Crippen molar-refractivity contribution >= 4 is 0 Å². The monoisotopic (exact) mass is 273 g/mol. The van der Waals surface area contributed by atoms with E-state index in [4.69, 9.17) is 4.74 Å². The van der Waals surface area contributed by atoms with Crippen LogP contribution in [-0.2, 0) is 20.0 Å². The maximum absolute atomic E-state index is 5.94. The Morgan fingerprint density at radius 2 is 2.15 bits per heavy atom. The number of benzene rings is 1. The van der Waals surface area contributed by atoms with Crippen LogP contribution in [0.2, 0.25) is 0 Å². The quantitative estimate of drug-likeness (QED) is 0.842. The number of rotatable bonds is 7. The Balaban J connectivity index is 1.96. The van der Waals surface area contributed by atoms with Gasteiger partial charge in [0.15, 0.2) is 0 Å². The number of ether oxygens (including phenoxy) is 1. The maximum atomic E-state index is 5.94. The van der Waals surface area contributed by atoms with Gasteiger partial charge in [0.2, 0.25) is 0 Å². The van der Waals surface area contributed by atoms with Crippen LogP contribution >= 0.6 is 0 Å². The van der Waals surface area contributed by atoms with Crippen LogP contribution in [-0.4, -0.2) is 22.9 Å². The summed E-state index contributed by atoms with van der Waals surface area (Å²) in [4.78, 5) is 0. The first-order chi connectivity index (χ1) is 9.70. The molecule has 0 fully saturated rings. The lowest BCUT2D eigenvalue weighted by Crippen LogP contribution is -2.14. The normalized spacial score (nSPS) is 10.8. The lowest BCUT2D eigenvalue weighted by Gasteiger charge is -2.13. The summed E-state index contributed by atoms with van der Waals surface area (Å²) in [6, 6.07) is 8.36. The zero-order chi connectivity index (χ0) is 14.4. The van der Waals surface area contributed by atoms with Crippen molar-refractivity contribution in [3.63, 3.8) is 0 Å². The second-order valence-electron chi connectivity index (χ2n) is 4.94. The molecule has 0 bridgehead atoms. The molecule has 0 aliphatic carbocycles. The van der Waals surface area contributed by atoms with Gasteiger partial charge in [0, 0.05) is 37.5 Å². The highest BCUT2D eigenvalue weighted by Gasteiger charge is 2.05. The fourth-order valence-electron chi connectivity index (χ4n) is 2.16. The van der Waals surface area contributed by atoms with Crippen LogP contribution in [0.5, 0.6) is 5.75 Å². The van der Waals surface area contributed by atoms with Crippen molar-refractivity contribution < 1.29 is 4.74 Å². The Kier molecular flexibility index (Phi) is 5.18. The Hall–Kier alpha value is -1.81. The minimum atomic E-state index is 0.668. The average molecular weight is 273 g/mol. The van der Waals surface area contributed by atoms with Gasteiger partial charge in [-0.25, -0.2) is 0 Å². The van der Waals surface area contributed by atoms with E-state index in [2.05, 4.69) is 42.5 Å². The van der Waals surface area contributed by atoms with Gasteiger partial charge in [-0.05, 0) is 25.6 Å². The molecule has 0 radical (unpaired) electrons.